The molecule has 0 unspecified atom stereocenters. The number of rotatable bonds is 12. The highest BCUT2D eigenvalue weighted by Crippen LogP contribution is 2.44. The summed E-state index contributed by atoms with van der Waals surface area (Å²) < 4.78 is 12.6. The van der Waals surface area contributed by atoms with Gasteiger partial charge >= 0.3 is 0 Å². The van der Waals surface area contributed by atoms with Crippen molar-refractivity contribution in [2.45, 2.75) is 6.92 Å². The topological polar surface area (TPSA) is 28.9 Å². The van der Waals surface area contributed by atoms with Crippen LogP contribution in [0.3, 0.4) is 0 Å². The number of para-hydroxylation sites is 2. The third-order valence-electron chi connectivity index (χ3n) is 12.5. The summed E-state index contributed by atoms with van der Waals surface area (Å²) in [5, 5.41) is 4.56. The molecule has 0 atom stereocenters. The second kappa shape index (κ2) is 17.6. The predicted molar refractivity (Wildman–Crippen MR) is 283 cm³/mol. The van der Waals surface area contributed by atoms with E-state index in [1.54, 1.807) is 0 Å². The molecule has 67 heavy (non-hydrogen) atoms. The van der Waals surface area contributed by atoms with Gasteiger partial charge in [0.1, 0.15) is 22.7 Å². The average molecular weight is 863 g/mol. The summed E-state index contributed by atoms with van der Waals surface area (Å²) in [5.41, 5.74) is 15.5. The van der Waals surface area contributed by atoms with E-state index in [0.29, 0.717) is 0 Å². The second-order valence-electron chi connectivity index (χ2n) is 16.7. The van der Waals surface area contributed by atoms with Crippen LogP contribution in [0.2, 0.25) is 0 Å². The van der Waals surface area contributed by atoms with Crippen molar-refractivity contribution in [3.05, 3.63) is 254 Å². The summed E-state index contributed by atoms with van der Waals surface area (Å²) in [6.45, 7) is 10.3. The quantitative estimate of drug-likeness (QED) is 0.122. The molecule has 11 rings (SSSR count). The lowest BCUT2D eigenvalue weighted by atomic mass is 9.93. The smallest absolute Gasteiger partial charge is 0.135 e. The first-order chi connectivity index (χ1) is 33.0. The van der Waals surface area contributed by atoms with E-state index in [1.807, 2.05) is 54.6 Å². The zero-order valence-electron chi connectivity index (χ0n) is 37.1. The van der Waals surface area contributed by atoms with Crippen molar-refractivity contribution in [3.63, 3.8) is 0 Å². The van der Waals surface area contributed by atoms with Crippen molar-refractivity contribution in [1.82, 2.24) is 0 Å². The van der Waals surface area contributed by atoms with Gasteiger partial charge in [-0.3, -0.25) is 0 Å². The zero-order chi connectivity index (χ0) is 45.3. The minimum atomic E-state index is 0.800. The maximum atomic E-state index is 6.32. The van der Waals surface area contributed by atoms with Crippen molar-refractivity contribution < 1.29 is 9.15 Å². The standard InChI is InChI=1S/C63H46N2O2/c1-4-44-29-31-53(38-45(44)5-2)64(52-33-35-61(43(3)37-52)66-56-23-7-6-8-24-56)50-21-15-19-48(40-50)57-25-11-12-26-58(57)49-20-16-22-51(41-49)65(54-32-30-46-17-9-10-18-47(46)39-54)55-34-36-63-60(42-55)59-27-13-14-28-62(59)67-63/h4-42H,1-2H2,3H3. The number of nitrogens with zero attached hydrogens (tertiary/aromatic N) is 2. The molecule has 0 bridgehead atoms. The summed E-state index contributed by atoms with van der Waals surface area (Å²) in [5.74, 6) is 1.61. The van der Waals surface area contributed by atoms with Crippen LogP contribution in [0, 0.1) is 6.92 Å². The molecule has 0 aliphatic carbocycles. The Morgan fingerprint density at radius 1 is 0.403 bits per heavy atom. The molecule has 4 heteroatoms. The van der Waals surface area contributed by atoms with Gasteiger partial charge in [-0.05, 0) is 160 Å². The Hall–Kier alpha value is -8.86. The van der Waals surface area contributed by atoms with Gasteiger partial charge in [0.25, 0.3) is 0 Å². The lowest BCUT2D eigenvalue weighted by molar-refractivity contribution is 0.479. The minimum absolute atomic E-state index is 0.800. The van der Waals surface area contributed by atoms with Crippen LogP contribution < -0.4 is 14.5 Å². The maximum absolute atomic E-state index is 6.32. The van der Waals surface area contributed by atoms with E-state index in [0.717, 1.165) is 107 Å². The summed E-state index contributed by atoms with van der Waals surface area (Å²) >= 11 is 0. The molecule has 0 aliphatic rings. The average Bonchev–Trinajstić information content (AvgIpc) is 3.76. The fraction of sp³-hybridized carbons (Fsp3) is 0.0159. The molecule has 0 fully saturated rings. The predicted octanol–water partition coefficient (Wildman–Crippen LogP) is 18.4. The van der Waals surface area contributed by atoms with Crippen molar-refractivity contribution in [2.75, 3.05) is 9.80 Å². The Balaban J connectivity index is 1.01. The van der Waals surface area contributed by atoms with Crippen LogP contribution in [0.25, 0.3) is 67.1 Å². The molecular formula is C63H46N2O2. The second-order valence-corrected chi connectivity index (χ2v) is 16.7. The van der Waals surface area contributed by atoms with Crippen molar-refractivity contribution in [3.8, 4) is 33.8 Å². The lowest BCUT2D eigenvalue weighted by Gasteiger charge is -2.28. The highest BCUT2D eigenvalue weighted by atomic mass is 16.5. The maximum Gasteiger partial charge on any atom is 0.135 e. The van der Waals surface area contributed by atoms with Crippen LogP contribution in [-0.2, 0) is 0 Å². The lowest BCUT2D eigenvalue weighted by Crippen LogP contribution is -2.11. The van der Waals surface area contributed by atoms with Crippen molar-refractivity contribution in [2.24, 2.45) is 0 Å². The number of benzene rings is 10. The largest absolute Gasteiger partial charge is 0.457 e. The first-order valence-corrected chi connectivity index (χ1v) is 22.5. The van der Waals surface area contributed by atoms with Gasteiger partial charge in [-0.25, -0.2) is 0 Å². The fourth-order valence-electron chi connectivity index (χ4n) is 9.24. The molecule has 0 radical (unpaired) electrons. The van der Waals surface area contributed by atoms with E-state index in [9.17, 15) is 0 Å². The van der Waals surface area contributed by atoms with Gasteiger partial charge in [0, 0.05) is 44.9 Å². The van der Waals surface area contributed by atoms with E-state index in [1.165, 1.54) is 10.8 Å². The Morgan fingerprint density at radius 2 is 0.955 bits per heavy atom. The van der Waals surface area contributed by atoms with Gasteiger partial charge < -0.3 is 19.0 Å². The summed E-state index contributed by atoms with van der Waals surface area (Å²) in [6, 6.07) is 79.1. The Labute approximate surface area is 391 Å². The van der Waals surface area contributed by atoms with Crippen LogP contribution in [0.4, 0.5) is 34.1 Å². The SMILES string of the molecule is C=Cc1ccc(N(c2cccc(-c3ccccc3-c3cccc(N(c4ccc5ccccc5c4)c4ccc5oc6ccccc6c5c4)c3)c2)c2ccc(Oc3ccccc3)c(C)c2)cc1C=C. The van der Waals surface area contributed by atoms with Crippen LogP contribution in [0.15, 0.2) is 242 Å². The normalized spacial score (nSPS) is 11.2. The minimum Gasteiger partial charge on any atom is -0.457 e. The highest BCUT2D eigenvalue weighted by Gasteiger charge is 2.20. The van der Waals surface area contributed by atoms with Crippen LogP contribution in [0.5, 0.6) is 11.5 Å². The first kappa shape index (κ1) is 40.9. The number of aryl methyl sites for hydroxylation is 1. The highest BCUT2D eigenvalue weighted by molar-refractivity contribution is 6.07. The molecule has 4 nitrogen and oxygen atoms in total. The van der Waals surface area contributed by atoms with Gasteiger partial charge in [-0.1, -0.05) is 147 Å². The molecule has 1 heterocycles. The molecule has 0 aliphatic heterocycles. The van der Waals surface area contributed by atoms with Crippen molar-refractivity contribution in [1.29, 1.82) is 0 Å². The van der Waals surface area contributed by atoms with Gasteiger partial charge in [0.2, 0.25) is 0 Å². The van der Waals surface area contributed by atoms with Gasteiger partial charge in [0.05, 0.1) is 0 Å². The van der Waals surface area contributed by atoms with Gasteiger partial charge in [-0.2, -0.15) is 0 Å². The first-order valence-electron chi connectivity index (χ1n) is 22.5. The Kier molecular flexibility index (Phi) is 10.7. The number of furan rings is 1. The molecule has 0 saturated heterocycles. The molecule has 10 aromatic carbocycles. The molecule has 0 N–H and O–H groups in total. The number of hydrogen-bond acceptors (Lipinski definition) is 4. The van der Waals surface area contributed by atoms with Crippen LogP contribution in [-0.4, -0.2) is 0 Å². The number of anilines is 6. The number of hydrogen-bond donors (Lipinski definition) is 0. The van der Waals surface area contributed by atoms with E-state index < -0.39 is 0 Å². The fourth-order valence-corrected chi connectivity index (χ4v) is 9.24. The summed E-state index contributed by atoms with van der Waals surface area (Å²) in [7, 11) is 0. The Bertz CT molecular complexity index is 3640. The molecule has 0 spiro atoms. The van der Waals surface area contributed by atoms with E-state index in [4.69, 9.17) is 9.15 Å². The van der Waals surface area contributed by atoms with E-state index >= 15 is 0 Å². The van der Waals surface area contributed by atoms with Crippen molar-refractivity contribution >= 4 is 79.0 Å². The molecule has 0 amide bonds. The molecular weight excluding hydrogens is 817 g/mol. The molecule has 320 valence electrons. The number of fused-ring (bicyclic) bond motifs is 4. The monoisotopic (exact) mass is 862 g/mol. The Morgan fingerprint density at radius 3 is 1.67 bits per heavy atom. The molecule has 1 aromatic heterocycles. The van der Waals surface area contributed by atoms with Crippen LogP contribution >= 0.6 is 0 Å². The van der Waals surface area contributed by atoms with Gasteiger partial charge in [-0.15, -0.1) is 0 Å². The summed E-state index contributed by atoms with van der Waals surface area (Å²) in [4.78, 5) is 4.65. The van der Waals surface area contributed by atoms with Crippen LogP contribution in [0.1, 0.15) is 16.7 Å². The molecule has 0 saturated carbocycles. The van der Waals surface area contributed by atoms with E-state index in [-0.39, 0.29) is 0 Å². The third kappa shape index (κ3) is 7.92. The van der Waals surface area contributed by atoms with Gasteiger partial charge in [0.15, 0.2) is 0 Å². The molecule has 11 aromatic rings. The third-order valence-corrected chi connectivity index (χ3v) is 12.5. The summed E-state index contributed by atoms with van der Waals surface area (Å²) in [6.07, 6.45) is 3.76. The number of ether oxygens (including phenoxy) is 1. The zero-order valence-corrected chi connectivity index (χ0v) is 37.1. The van der Waals surface area contributed by atoms with E-state index in [2.05, 4.69) is 212 Å².